The van der Waals surface area contributed by atoms with Crippen molar-refractivity contribution in [1.29, 1.82) is 0 Å². The standard InChI is InChI=1S/C9H9Cl2NO/c1-2-13-12-6-7-3-4-8(10)5-9(7)11/h3-6H,2H2,1H3. The molecule has 0 N–H and O–H groups in total. The minimum atomic E-state index is 0.543. The first-order chi connectivity index (χ1) is 6.24. The highest BCUT2D eigenvalue weighted by Crippen LogP contribution is 2.19. The van der Waals surface area contributed by atoms with E-state index >= 15 is 0 Å². The fourth-order valence-electron chi connectivity index (χ4n) is 0.775. The zero-order valence-corrected chi connectivity index (χ0v) is 8.64. The first kappa shape index (κ1) is 10.4. The van der Waals surface area contributed by atoms with Gasteiger partial charge in [-0.05, 0) is 19.1 Å². The highest BCUT2D eigenvalue weighted by Gasteiger charge is 1.97. The quantitative estimate of drug-likeness (QED) is 0.563. The van der Waals surface area contributed by atoms with Crippen molar-refractivity contribution in [3.05, 3.63) is 33.8 Å². The van der Waals surface area contributed by atoms with Crippen molar-refractivity contribution in [2.75, 3.05) is 6.61 Å². The molecule has 0 aromatic heterocycles. The van der Waals surface area contributed by atoms with Gasteiger partial charge in [-0.25, -0.2) is 0 Å². The maximum Gasteiger partial charge on any atom is 0.114 e. The SMILES string of the molecule is CCON=Cc1ccc(Cl)cc1Cl. The molecule has 0 aliphatic rings. The van der Waals surface area contributed by atoms with Crippen LogP contribution in [0.15, 0.2) is 23.4 Å². The Labute approximate surface area is 87.1 Å². The van der Waals surface area contributed by atoms with Gasteiger partial charge in [0.25, 0.3) is 0 Å². The third kappa shape index (κ3) is 3.25. The Hall–Kier alpha value is -0.730. The highest BCUT2D eigenvalue weighted by molar-refractivity contribution is 6.36. The van der Waals surface area contributed by atoms with Gasteiger partial charge in [0.15, 0.2) is 0 Å². The Morgan fingerprint density at radius 3 is 2.85 bits per heavy atom. The predicted molar refractivity (Wildman–Crippen MR) is 55.7 cm³/mol. The van der Waals surface area contributed by atoms with Gasteiger partial charge < -0.3 is 4.84 Å². The summed E-state index contributed by atoms with van der Waals surface area (Å²) in [6.45, 7) is 2.41. The van der Waals surface area contributed by atoms with Crippen molar-refractivity contribution < 1.29 is 4.84 Å². The second-order valence-electron chi connectivity index (χ2n) is 2.32. The molecule has 0 atom stereocenters. The lowest BCUT2D eigenvalue weighted by atomic mass is 10.2. The molecule has 1 aromatic carbocycles. The van der Waals surface area contributed by atoms with E-state index < -0.39 is 0 Å². The molecule has 70 valence electrons. The lowest BCUT2D eigenvalue weighted by Crippen LogP contribution is -1.85. The zero-order valence-electron chi connectivity index (χ0n) is 7.13. The van der Waals surface area contributed by atoms with Gasteiger partial charge in [0, 0.05) is 10.6 Å². The van der Waals surface area contributed by atoms with Crippen LogP contribution >= 0.6 is 23.2 Å². The Kier molecular flexibility index (Phi) is 4.06. The van der Waals surface area contributed by atoms with E-state index in [1.165, 1.54) is 0 Å². The van der Waals surface area contributed by atoms with E-state index in [-0.39, 0.29) is 0 Å². The lowest BCUT2D eigenvalue weighted by molar-refractivity contribution is 0.160. The molecule has 0 amide bonds. The predicted octanol–water partition coefficient (Wildman–Crippen LogP) is 3.36. The van der Waals surface area contributed by atoms with E-state index in [2.05, 4.69) is 5.16 Å². The monoisotopic (exact) mass is 217 g/mol. The van der Waals surface area contributed by atoms with Crippen LogP contribution in [-0.4, -0.2) is 12.8 Å². The van der Waals surface area contributed by atoms with Gasteiger partial charge in [-0.3, -0.25) is 0 Å². The molecule has 0 saturated carbocycles. The first-order valence-electron chi connectivity index (χ1n) is 3.84. The van der Waals surface area contributed by atoms with Crippen LogP contribution in [0.3, 0.4) is 0 Å². The van der Waals surface area contributed by atoms with E-state index in [9.17, 15) is 0 Å². The van der Waals surface area contributed by atoms with Gasteiger partial charge in [0.05, 0.1) is 11.2 Å². The van der Waals surface area contributed by atoms with Gasteiger partial charge in [0.2, 0.25) is 0 Å². The summed E-state index contributed by atoms with van der Waals surface area (Å²) < 4.78 is 0. The number of rotatable bonds is 3. The van der Waals surface area contributed by atoms with E-state index in [4.69, 9.17) is 28.0 Å². The summed E-state index contributed by atoms with van der Waals surface area (Å²) >= 11 is 11.6. The first-order valence-corrected chi connectivity index (χ1v) is 4.60. The number of halogens is 2. The van der Waals surface area contributed by atoms with Crippen molar-refractivity contribution in [2.24, 2.45) is 5.16 Å². The van der Waals surface area contributed by atoms with Gasteiger partial charge >= 0.3 is 0 Å². The summed E-state index contributed by atoms with van der Waals surface area (Å²) in [6, 6.07) is 5.20. The molecular formula is C9H9Cl2NO. The second kappa shape index (κ2) is 5.10. The summed E-state index contributed by atoms with van der Waals surface area (Å²) in [5.74, 6) is 0. The molecule has 0 aliphatic heterocycles. The van der Waals surface area contributed by atoms with Gasteiger partial charge in [-0.1, -0.05) is 34.4 Å². The smallest absolute Gasteiger partial charge is 0.114 e. The molecule has 0 bridgehead atoms. The van der Waals surface area contributed by atoms with Crippen LogP contribution in [0.5, 0.6) is 0 Å². The highest BCUT2D eigenvalue weighted by atomic mass is 35.5. The largest absolute Gasteiger partial charge is 0.396 e. The molecule has 0 heterocycles. The Bertz CT molecular complexity index is 312. The lowest BCUT2D eigenvalue weighted by Gasteiger charge is -1.97. The topological polar surface area (TPSA) is 21.6 Å². The Balaban J connectivity index is 2.77. The number of hydrogen-bond acceptors (Lipinski definition) is 2. The average molecular weight is 218 g/mol. The number of benzene rings is 1. The van der Waals surface area contributed by atoms with Gasteiger partial charge in [-0.2, -0.15) is 0 Å². The Morgan fingerprint density at radius 2 is 2.23 bits per heavy atom. The van der Waals surface area contributed by atoms with Crippen LogP contribution in [-0.2, 0) is 4.84 Å². The zero-order chi connectivity index (χ0) is 9.68. The van der Waals surface area contributed by atoms with Crippen LogP contribution in [0.25, 0.3) is 0 Å². The fraction of sp³-hybridized carbons (Fsp3) is 0.222. The molecule has 0 saturated heterocycles. The van der Waals surface area contributed by atoms with Crippen molar-refractivity contribution in [3.63, 3.8) is 0 Å². The number of nitrogens with zero attached hydrogens (tertiary/aromatic N) is 1. The van der Waals surface area contributed by atoms with Crippen molar-refractivity contribution in [1.82, 2.24) is 0 Å². The maximum absolute atomic E-state index is 5.88. The molecule has 0 radical (unpaired) electrons. The van der Waals surface area contributed by atoms with Crippen LogP contribution < -0.4 is 0 Å². The van der Waals surface area contributed by atoms with E-state index in [0.717, 1.165) is 5.56 Å². The van der Waals surface area contributed by atoms with E-state index in [1.807, 2.05) is 6.92 Å². The van der Waals surface area contributed by atoms with Crippen LogP contribution in [0.1, 0.15) is 12.5 Å². The third-order valence-corrected chi connectivity index (χ3v) is 1.92. The van der Waals surface area contributed by atoms with E-state index in [0.29, 0.717) is 16.7 Å². The summed E-state index contributed by atoms with van der Waals surface area (Å²) in [4.78, 5) is 4.80. The average Bonchev–Trinajstić information content (AvgIpc) is 2.09. The molecule has 0 aliphatic carbocycles. The summed E-state index contributed by atoms with van der Waals surface area (Å²) in [7, 11) is 0. The minimum absolute atomic E-state index is 0.543. The number of oxime groups is 1. The maximum atomic E-state index is 5.88. The number of hydrogen-bond donors (Lipinski definition) is 0. The molecule has 0 unspecified atom stereocenters. The molecule has 2 nitrogen and oxygen atoms in total. The minimum Gasteiger partial charge on any atom is -0.396 e. The Morgan fingerprint density at radius 1 is 1.46 bits per heavy atom. The molecule has 1 rings (SSSR count). The van der Waals surface area contributed by atoms with Gasteiger partial charge in [-0.15, -0.1) is 0 Å². The second-order valence-corrected chi connectivity index (χ2v) is 3.16. The molecular weight excluding hydrogens is 209 g/mol. The molecule has 1 aromatic rings. The van der Waals surface area contributed by atoms with Crippen molar-refractivity contribution in [2.45, 2.75) is 6.92 Å². The molecule has 13 heavy (non-hydrogen) atoms. The van der Waals surface area contributed by atoms with Crippen molar-refractivity contribution >= 4 is 29.4 Å². The third-order valence-electron chi connectivity index (χ3n) is 1.36. The van der Waals surface area contributed by atoms with Crippen molar-refractivity contribution in [3.8, 4) is 0 Å². The van der Waals surface area contributed by atoms with E-state index in [1.54, 1.807) is 24.4 Å². The van der Waals surface area contributed by atoms with Crippen LogP contribution in [0.2, 0.25) is 10.0 Å². The molecule has 0 spiro atoms. The normalized spacial score (nSPS) is 10.7. The summed E-state index contributed by atoms with van der Waals surface area (Å²) in [6.07, 6.45) is 1.56. The summed E-state index contributed by atoms with van der Waals surface area (Å²) in [5.41, 5.74) is 0.791. The van der Waals surface area contributed by atoms with Crippen LogP contribution in [0.4, 0.5) is 0 Å². The van der Waals surface area contributed by atoms with Gasteiger partial charge in [0.1, 0.15) is 6.61 Å². The molecule has 4 heteroatoms. The summed E-state index contributed by atoms with van der Waals surface area (Å²) in [5, 5.41) is 4.87. The van der Waals surface area contributed by atoms with Crippen LogP contribution in [0, 0.1) is 0 Å². The fourth-order valence-corrected chi connectivity index (χ4v) is 1.23. The molecule has 0 fully saturated rings.